The Labute approximate surface area is 112 Å². The summed E-state index contributed by atoms with van der Waals surface area (Å²) in [5.74, 6) is -0.168. The molecule has 0 bridgehead atoms. The molecule has 108 valence electrons. The number of esters is 1. The summed E-state index contributed by atoms with van der Waals surface area (Å²) in [6, 6.07) is 0. The molecule has 0 aliphatic rings. The first-order valence-corrected chi connectivity index (χ1v) is 7.54. The van der Waals surface area contributed by atoms with Gasteiger partial charge in [0.2, 0.25) is 0 Å². The Morgan fingerprint density at radius 1 is 1.00 bits per heavy atom. The number of rotatable bonds is 12. The molecule has 3 nitrogen and oxygen atoms in total. The van der Waals surface area contributed by atoms with Crippen LogP contribution in [0.1, 0.15) is 78.1 Å². The third-order valence-corrected chi connectivity index (χ3v) is 3.04. The Morgan fingerprint density at radius 2 is 1.61 bits per heavy atom. The molecule has 0 spiro atoms. The quantitative estimate of drug-likeness (QED) is 0.427. The first-order valence-electron chi connectivity index (χ1n) is 7.54. The van der Waals surface area contributed by atoms with Gasteiger partial charge in [-0.1, -0.05) is 58.8 Å². The van der Waals surface area contributed by atoms with Gasteiger partial charge < -0.3 is 9.84 Å². The molecule has 0 radical (unpaired) electrons. The summed E-state index contributed by atoms with van der Waals surface area (Å²) in [5.41, 5.74) is 0. The molecule has 1 N–H and O–H groups in total. The summed E-state index contributed by atoms with van der Waals surface area (Å²) < 4.78 is 5.01. The van der Waals surface area contributed by atoms with E-state index in [9.17, 15) is 9.90 Å². The molecule has 0 saturated heterocycles. The van der Waals surface area contributed by atoms with E-state index in [0.717, 1.165) is 19.3 Å². The molecule has 0 aromatic carbocycles. The van der Waals surface area contributed by atoms with Crippen molar-refractivity contribution in [1.82, 2.24) is 0 Å². The monoisotopic (exact) mass is 258 g/mol. The molecule has 0 fully saturated rings. The van der Waals surface area contributed by atoms with Gasteiger partial charge in [0.1, 0.15) is 6.61 Å². The highest BCUT2D eigenvalue weighted by atomic mass is 16.5. The minimum Gasteiger partial charge on any atom is -0.463 e. The van der Waals surface area contributed by atoms with Gasteiger partial charge in [-0.3, -0.25) is 4.79 Å². The molecule has 0 heterocycles. The molecule has 0 rings (SSSR count). The van der Waals surface area contributed by atoms with Gasteiger partial charge in [-0.2, -0.15) is 0 Å². The lowest BCUT2D eigenvalue weighted by molar-refractivity contribution is -0.146. The van der Waals surface area contributed by atoms with E-state index in [0.29, 0.717) is 12.8 Å². The Bertz CT molecular complexity index is 192. The van der Waals surface area contributed by atoms with Gasteiger partial charge >= 0.3 is 5.97 Å². The molecule has 0 aromatic heterocycles. The fourth-order valence-corrected chi connectivity index (χ4v) is 1.90. The van der Waals surface area contributed by atoms with Crippen molar-refractivity contribution in [3.05, 3.63) is 0 Å². The second kappa shape index (κ2) is 12.9. The van der Waals surface area contributed by atoms with E-state index < -0.39 is 6.10 Å². The number of hydrogen-bond donors (Lipinski definition) is 1. The molecular weight excluding hydrogens is 228 g/mol. The van der Waals surface area contributed by atoms with Crippen molar-refractivity contribution in [2.45, 2.75) is 84.2 Å². The van der Waals surface area contributed by atoms with E-state index in [4.69, 9.17) is 4.74 Å². The third-order valence-electron chi connectivity index (χ3n) is 3.04. The lowest BCUT2D eigenvalue weighted by Crippen LogP contribution is -2.18. The summed E-state index contributed by atoms with van der Waals surface area (Å²) in [6.45, 7) is 4.37. The van der Waals surface area contributed by atoms with Crippen LogP contribution in [-0.4, -0.2) is 23.8 Å². The highest BCUT2D eigenvalue weighted by molar-refractivity contribution is 5.69. The minimum absolute atomic E-state index is 0.156. The maximum absolute atomic E-state index is 11.4. The van der Waals surface area contributed by atoms with Crippen LogP contribution in [0.25, 0.3) is 0 Å². The largest absolute Gasteiger partial charge is 0.463 e. The smallest absolute Gasteiger partial charge is 0.305 e. The maximum atomic E-state index is 11.4. The minimum atomic E-state index is -0.493. The fourth-order valence-electron chi connectivity index (χ4n) is 1.90. The predicted molar refractivity (Wildman–Crippen MR) is 74.5 cm³/mol. The molecule has 1 atom stereocenters. The van der Waals surface area contributed by atoms with Gasteiger partial charge in [-0.25, -0.2) is 0 Å². The first kappa shape index (κ1) is 17.4. The zero-order valence-electron chi connectivity index (χ0n) is 12.1. The normalized spacial score (nSPS) is 12.4. The van der Waals surface area contributed by atoms with E-state index >= 15 is 0 Å². The molecule has 0 saturated carbocycles. The van der Waals surface area contributed by atoms with Crippen molar-refractivity contribution >= 4 is 5.97 Å². The van der Waals surface area contributed by atoms with Gasteiger partial charge in [-0.05, 0) is 12.8 Å². The van der Waals surface area contributed by atoms with Crippen LogP contribution in [0.2, 0.25) is 0 Å². The lowest BCUT2D eigenvalue weighted by Gasteiger charge is -2.09. The van der Waals surface area contributed by atoms with Crippen LogP contribution in [0.4, 0.5) is 0 Å². The van der Waals surface area contributed by atoms with Gasteiger partial charge in [0.25, 0.3) is 0 Å². The number of unbranched alkanes of at least 4 members (excludes halogenated alkanes) is 6. The number of carbonyl (C=O) groups excluding carboxylic acids is 1. The average molecular weight is 258 g/mol. The van der Waals surface area contributed by atoms with Crippen molar-refractivity contribution in [2.75, 3.05) is 6.61 Å². The van der Waals surface area contributed by atoms with Crippen LogP contribution >= 0.6 is 0 Å². The maximum Gasteiger partial charge on any atom is 0.305 e. The second-order valence-electron chi connectivity index (χ2n) is 5.00. The Morgan fingerprint density at radius 3 is 2.22 bits per heavy atom. The van der Waals surface area contributed by atoms with Crippen LogP contribution in [0.3, 0.4) is 0 Å². The summed E-state index contributed by atoms with van der Waals surface area (Å²) in [6.07, 6.45) is 10.0. The highest BCUT2D eigenvalue weighted by Gasteiger charge is 2.07. The zero-order valence-corrected chi connectivity index (χ0v) is 12.1. The van der Waals surface area contributed by atoms with E-state index in [1.54, 1.807) is 0 Å². The Balaban J connectivity index is 3.26. The molecule has 0 aliphatic heterocycles. The zero-order chi connectivity index (χ0) is 13.6. The predicted octanol–water partition coefficient (Wildman–Crippen LogP) is 3.83. The third kappa shape index (κ3) is 11.9. The summed E-state index contributed by atoms with van der Waals surface area (Å²) >= 11 is 0. The van der Waals surface area contributed by atoms with E-state index in [1.165, 1.54) is 32.1 Å². The molecular formula is C15H30O3. The van der Waals surface area contributed by atoms with Crippen molar-refractivity contribution in [3.8, 4) is 0 Å². The number of carbonyl (C=O) groups is 1. The molecule has 3 heteroatoms. The van der Waals surface area contributed by atoms with Gasteiger partial charge in [0.15, 0.2) is 0 Å². The fraction of sp³-hybridized carbons (Fsp3) is 0.933. The van der Waals surface area contributed by atoms with E-state index in [1.807, 2.05) is 6.92 Å². The van der Waals surface area contributed by atoms with Gasteiger partial charge in [-0.15, -0.1) is 0 Å². The Kier molecular flexibility index (Phi) is 12.5. The van der Waals surface area contributed by atoms with Crippen molar-refractivity contribution < 1.29 is 14.6 Å². The Hall–Kier alpha value is -0.570. The summed E-state index contributed by atoms with van der Waals surface area (Å²) in [7, 11) is 0. The van der Waals surface area contributed by atoms with Crippen LogP contribution in [0.5, 0.6) is 0 Å². The van der Waals surface area contributed by atoms with Crippen LogP contribution < -0.4 is 0 Å². The summed E-state index contributed by atoms with van der Waals surface area (Å²) in [5, 5.41) is 9.41. The summed E-state index contributed by atoms with van der Waals surface area (Å²) in [4.78, 5) is 11.4. The van der Waals surface area contributed by atoms with Crippen LogP contribution in [0, 0.1) is 0 Å². The number of hydrogen-bond acceptors (Lipinski definition) is 3. The molecule has 18 heavy (non-hydrogen) atoms. The standard InChI is InChI=1S/C15H30O3/c1-3-5-6-7-8-9-10-12-15(17)18-13-14(16)11-4-2/h14,16H,3-13H2,1-2H3. The van der Waals surface area contributed by atoms with Crippen molar-refractivity contribution in [1.29, 1.82) is 0 Å². The molecule has 0 aromatic rings. The van der Waals surface area contributed by atoms with E-state index in [-0.39, 0.29) is 12.6 Å². The topological polar surface area (TPSA) is 46.5 Å². The van der Waals surface area contributed by atoms with Crippen LogP contribution in [-0.2, 0) is 9.53 Å². The van der Waals surface area contributed by atoms with Crippen molar-refractivity contribution in [2.24, 2.45) is 0 Å². The molecule has 0 amide bonds. The van der Waals surface area contributed by atoms with Crippen molar-refractivity contribution in [3.63, 3.8) is 0 Å². The number of aliphatic hydroxyl groups excluding tert-OH is 1. The van der Waals surface area contributed by atoms with Gasteiger partial charge in [0.05, 0.1) is 6.10 Å². The number of ether oxygens (including phenoxy) is 1. The van der Waals surface area contributed by atoms with Gasteiger partial charge in [0, 0.05) is 6.42 Å². The number of aliphatic hydroxyl groups is 1. The SMILES string of the molecule is CCCCCCCCCC(=O)OCC(O)CCC. The second-order valence-corrected chi connectivity index (χ2v) is 5.00. The molecule has 0 aliphatic carbocycles. The highest BCUT2D eigenvalue weighted by Crippen LogP contribution is 2.09. The van der Waals surface area contributed by atoms with E-state index in [2.05, 4.69) is 6.92 Å². The lowest BCUT2D eigenvalue weighted by atomic mass is 10.1. The van der Waals surface area contributed by atoms with Crippen LogP contribution in [0.15, 0.2) is 0 Å². The average Bonchev–Trinajstić information content (AvgIpc) is 2.35. The first-order chi connectivity index (χ1) is 8.70. The molecule has 1 unspecified atom stereocenters.